The number of rotatable bonds is 6. The van der Waals surface area contributed by atoms with Crippen molar-refractivity contribution in [2.24, 2.45) is 0 Å². The summed E-state index contributed by atoms with van der Waals surface area (Å²) >= 11 is 19.4. The maximum atomic E-state index is 6.45. The number of hydrogen-bond acceptors (Lipinski definition) is 2. The van der Waals surface area contributed by atoms with Crippen LogP contribution in [0, 0.1) is 0 Å². The van der Waals surface area contributed by atoms with Crippen LogP contribution in [0.1, 0.15) is 17.0 Å². The maximum absolute atomic E-state index is 6.45. The highest BCUT2D eigenvalue weighted by Crippen LogP contribution is 2.46. The van der Waals surface area contributed by atoms with E-state index in [0.29, 0.717) is 0 Å². The molecule has 33 heavy (non-hydrogen) atoms. The second-order valence-electron chi connectivity index (χ2n) is 7.68. The van der Waals surface area contributed by atoms with Crippen LogP contribution in [-0.2, 0) is 0 Å². The molecule has 0 aliphatic heterocycles. The first-order valence-electron chi connectivity index (χ1n) is 10.4. The van der Waals surface area contributed by atoms with E-state index in [0.717, 1.165) is 44.9 Å². The summed E-state index contributed by atoms with van der Waals surface area (Å²) in [6, 6.07) is 32.1. The summed E-state index contributed by atoms with van der Waals surface area (Å²) in [6.07, 6.45) is 0. The minimum atomic E-state index is -1.50. The highest BCUT2D eigenvalue weighted by Gasteiger charge is 2.35. The van der Waals surface area contributed by atoms with Gasteiger partial charge in [-0.15, -0.1) is 0 Å². The Hall–Kier alpha value is -2.65. The summed E-state index contributed by atoms with van der Waals surface area (Å²) in [4.78, 5) is 0. The first-order chi connectivity index (χ1) is 15.9. The van der Waals surface area contributed by atoms with Crippen LogP contribution in [0.25, 0.3) is 22.3 Å². The normalized spacial score (nSPS) is 11.5. The molecule has 4 rings (SSSR count). The molecule has 4 aromatic rings. The molecule has 4 aromatic carbocycles. The van der Waals surface area contributed by atoms with Crippen molar-refractivity contribution >= 4 is 34.8 Å². The highest BCUT2D eigenvalue weighted by atomic mass is 35.6. The third kappa shape index (κ3) is 5.47. The second-order valence-corrected chi connectivity index (χ2v) is 10.0. The molecular formula is C28H23Cl3O2. The Labute approximate surface area is 209 Å². The molecule has 2 nitrogen and oxygen atoms in total. The Kier molecular flexibility index (Phi) is 7.19. The fourth-order valence-electron chi connectivity index (χ4n) is 3.87. The number of alkyl halides is 3. The van der Waals surface area contributed by atoms with Gasteiger partial charge >= 0.3 is 0 Å². The predicted molar refractivity (Wildman–Crippen MR) is 139 cm³/mol. The molecule has 0 aliphatic rings. The molecule has 0 heterocycles. The average molecular weight is 498 g/mol. The topological polar surface area (TPSA) is 18.5 Å². The van der Waals surface area contributed by atoms with Crippen molar-refractivity contribution < 1.29 is 9.47 Å². The molecule has 0 aromatic heterocycles. The van der Waals surface area contributed by atoms with Gasteiger partial charge in [0.05, 0.1) is 20.1 Å². The van der Waals surface area contributed by atoms with Crippen molar-refractivity contribution in [2.45, 2.75) is 9.71 Å². The first-order valence-corrected chi connectivity index (χ1v) is 11.6. The summed E-state index contributed by atoms with van der Waals surface area (Å²) in [5, 5.41) is 0. The van der Waals surface area contributed by atoms with Gasteiger partial charge < -0.3 is 9.47 Å². The van der Waals surface area contributed by atoms with E-state index in [-0.39, 0.29) is 0 Å². The summed E-state index contributed by atoms with van der Waals surface area (Å²) in [7, 11) is 3.31. The molecule has 0 fully saturated rings. The first kappa shape index (κ1) is 23.5. The highest BCUT2D eigenvalue weighted by molar-refractivity contribution is 6.68. The van der Waals surface area contributed by atoms with Crippen molar-refractivity contribution in [1.29, 1.82) is 0 Å². The lowest BCUT2D eigenvalue weighted by molar-refractivity contribution is 0.415. The van der Waals surface area contributed by atoms with E-state index in [9.17, 15) is 0 Å². The van der Waals surface area contributed by atoms with Gasteiger partial charge in [0.25, 0.3) is 0 Å². The van der Waals surface area contributed by atoms with Crippen LogP contribution in [0.2, 0.25) is 0 Å². The van der Waals surface area contributed by atoms with Crippen LogP contribution < -0.4 is 9.47 Å². The van der Waals surface area contributed by atoms with Crippen LogP contribution in [0.15, 0.2) is 97.1 Å². The summed E-state index contributed by atoms with van der Waals surface area (Å²) < 4.78 is 8.98. The molecule has 0 radical (unpaired) electrons. The van der Waals surface area contributed by atoms with Crippen LogP contribution in [0.4, 0.5) is 0 Å². The Morgan fingerprint density at radius 3 is 1.00 bits per heavy atom. The van der Waals surface area contributed by atoms with Gasteiger partial charge in [-0.25, -0.2) is 0 Å². The third-order valence-electron chi connectivity index (χ3n) is 5.66. The van der Waals surface area contributed by atoms with E-state index in [1.165, 1.54) is 0 Å². The number of methoxy groups -OCH3 is 2. The molecule has 0 amide bonds. The van der Waals surface area contributed by atoms with Gasteiger partial charge in [0.2, 0.25) is 3.79 Å². The minimum absolute atomic E-state index is 0.405. The maximum Gasteiger partial charge on any atom is 0.201 e. The van der Waals surface area contributed by atoms with Crippen molar-refractivity contribution in [2.75, 3.05) is 14.2 Å². The number of halogens is 3. The van der Waals surface area contributed by atoms with Gasteiger partial charge in [-0.05, 0) is 57.6 Å². The van der Waals surface area contributed by atoms with Crippen molar-refractivity contribution in [1.82, 2.24) is 0 Å². The summed E-state index contributed by atoms with van der Waals surface area (Å²) in [6.45, 7) is 0. The van der Waals surface area contributed by atoms with E-state index >= 15 is 0 Å². The van der Waals surface area contributed by atoms with Crippen LogP contribution >= 0.6 is 34.8 Å². The largest absolute Gasteiger partial charge is 0.497 e. The molecule has 0 bridgehead atoms. The van der Waals surface area contributed by atoms with Gasteiger partial charge in [0.1, 0.15) is 11.5 Å². The Morgan fingerprint density at radius 1 is 0.485 bits per heavy atom. The lowest BCUT2D eigenvalue weighted by atomic mass is 9.90. The molecule has 0 unspecified atom stereocenters. The molecule has 0 atom stereocenters. The lowest BCUT2D eigenvalue weighted by Gasteiger charge is -2.26. The lowest BCUT2D eigenvalue weighted by Crippen LogP contribution is -2.18. The Bertz CT molecular complexity index is 1090. The summed E-state index contributed by atoms with van der Waals surface area (Å²) in [5.74, 6) is 1.24. The smallest absolute Gasteiger partial charge is 0.201 e. The standard InChI is InChI=1S/C28H23Cl3O2/c1-32-25-15-11-21(12-16-25)19-3-7-23(8-4-19)27(28(29,30)31)24-9-5-20(6-10-24)22-13-17-26(33-2)18-14-22/h3-18,27H,1-2H3. The Balaban J connectivity index is 1.61. The van der Waals surface area contributed by atoms with Gasteiger partial charge in [-0.3, -0.25) is 0 Å². The van der Waals surface area contributed by atoms with Gasteiger partial charge in [0, 0.05) is 0 Å². The fraction of sp³-hybridized carbons (Fsp3) is 0.143. The van der Waals surface area contributed by atoms with Gasteiger partial charge in [0.15, 0.2) is 0 Å². The zero-order chi connectivity index (χ0) is 23.4. The predicted octanol–water partition coefficient (Wildman–Crippen LogP) is 8.54. The van der Waals surface area contributed by atoms with Crippen LogP contribution in [0.3, 0.4) is 0 Å². The molecular weight excluding hydrogens is 475 g/mol. The quantitative estimate of drug-likeness (QED) is 0.248. The molecule has 5 heteroatoms. The SMILES string of the molecule is COc1ccc(-c2ccc(C(c3ccc(-c4ccc(OC)cc4)cc3)C(Cl)(Cl)Cl)cc2)cc1. The van der Waals surface area contributed by atoms with Crippen LogP contribution in [-0.4, -0.2) is 18.0 Å². The van der Waals surface area contributed by atoms with E-state index in [4.69, 9.17) is 44.3 Å². The van der Waals surface area contributed by atoms with Crippen LogP contribution in [0.5, 0.6) is 11.5 Å². The molecule has 0 saturated heterocycles. The zero-order valence-corrected chi connectivity index (χ0v) is 20.5. The van der Waals surface area contributed by atoms with E-state index < -0.39 is 9.71 Å². The fourth-order valence-corrected chi connectivity index (χ4v) is 4.63. The monoisotopic (exact) mass is 496 g/mol. The van der Waals surface area contributed by atoms with Crippen molar-refractivity contribution in [3.8, 4) is 33.8 Å². The number of benzene rings is 4. The molecule has 0 spiro atoms. The van der Waals surface area contributed by atoms with Crippen molar-refractivity contribution in [3.63, 3.8) is 0 Å². The summed E-state index contributed by atoms with van der Waals surface area (Å²) in [5.41, 5.74) is 6.22. The number of ether oxygens (including phenoxy) is 2. The molecule has 0 saturated carbocycles. The van der Waals surface area contributed by atoms with Crippen molar-refractivity contribution in [3.05, 3.63) is 108 Å². The molecule has 0 N–H and O–H groups in total. The zero-order valence-electron chi connectivity index (χ0n) is 18.3. The molecule has 0 aliphatic carbocycles. The minimum Gasteiger partial charge on any atom is -0.497 e. The Morgan fingerprint density at radius 2 is 0.758 bits per heavy atom. The molecule has 168 valence electrons. The second kappa shape index (κ2) is 10.1. The van der Waals surface area contributed by atoms with E-state index in [2.05, 4.69) is 0 Å². The van der Waals surface area contributed by atoms with Gasteiger partial charge in [-0.1, -0.05) is 108 Å². The average Bonchev–Trinajstić information content (AvgIpc) is 2.84. The van der Waals surface area contributed by atoms with E-state index in [1.54, 1.807) is 14.2 Å². The third-order valence-corrected chi connectivity index (χ3v) is 6.32. The number of hydrogen-bond donors (Lipinski definition) is 0. The van der Waals surface area contributed by atoms with Gasteiger partial charge in [-0.2, -0.15) is 0 Å². The van der Waals surface area contributed by atoms with E-state index in [1.807, 2.05) is 97.1 Å².